The molecule has 0 spiro atoms. The van der Waals surface area contributed by atoms with Gasteiger partial charge >= 0.3 is 0 Å². The highest BCUT2D eigenvalue weighted by Gasteiger charge is 2.35. The van der Waals surface area contributed by atoms with Crippen LogP contribution >= 0.6 is 0 Å². The number of ketones is 1. The predicted octanol–water partition coefficient (Wildman–Crippen LogP) is 3.86. The maximum atomic E-state index is 12.7. The summed E-state index contributed by atoms with van der Waals surface area (Å²) >= 11 is 0. The van der Waals surface area contributed by atoms with E-state index in [0.717, 1.165) is 54.4 Å². The van der Waals surface area contributed by atoms with E-state index in [2.05, 4.69) is 24.5 Å². The number of rotatable bonds is 6. The van der Waals surface area contributed by atoms with Crippen molar-refractivity contribution in [2.45, 2.75) is 58.9 Å². The Balaban J connectivity index is 1.83. The Bertz CT molecular complexity index is 805. The molecule has 0 unspecified atom stereocenters. The molecule has 1 aromatic carbocycles. The molecule has 134 valence electrons. The Labute approximate surface area is 148 Å². The summed E-state index contributed by atoms with van der Waals surface area (Å²) in [6.45, 7) is 5.16. The molecule has 0 atom stereocenters. The number of hydrogen-bond donors (Lipinski definition) is 2. The minimum absolute atomic E-state index is 0.00454. The summed E-state index contributed by atoms with van der Waals surface area (Å²) in [5.74, 6) is -0.0862. The van der Waals surface area contributed by atoms with Crippen LogP contribution in [0.25, 0.3) is 10.9 Å². The van der Waals surface area contributed by atoms with Crippen molar-refractivity contribution in [3.8, 4) is 0 Å². The van der Waals surface area contributed by atoms with Gasteiger partial charge < -0.3 is 4.57 Å². The fraction of sp³-hybridized carbons (Fsp3) is 0.500. The summed E-state index contributed by atoms with van der Waals surface area (Å²) in [6.07, 6.45) is 4.45. The molecule has 1 aromatic heterocycles. The van der Waals surface area contributed by atoms with Crippen LogP contribution in [-0.4, -0.2) is 21.5 Å². The molecule has 0 saturated carbocycles. The van der Waals surface area contributed by atoms with Crippen LogP contribution in [0, 0.1) is 5.41 Å². The first-order chi connectivity index (χ1) is 11.9. The maximum Gasteiger partial charge on any atom is 0.243 e. The van der Waals surface area contributed by atoms with Crippen LogP contribution in [0.5, 0.6) is 0 Å². The first-order valence-corrected chi connectivity index (χ1v) is 8.99. The zero-order chi connectivity index (χ0) is 18.0. The van der Waals surface area contributed by atoms with Gasteiger partial charge in [-0.2, -0.15) is 0 Å². The van der Waals surface area contributed by atoms with Gasteiger partial charge in [-0.25, -0.2) is 5.48 Å². The zero-order valence-electron chi connectivity index (χ0n) is 15.0. The van der Waals surface area contributed by atoms with Crippen LogP contribution in [0.15, 0.2) is 24.3 Å². The Hall–Kier alpha value is -2.14. The number of aryl methyl sites for hydroxylation is 1. The van der Waals surface area contributed by atoms with Gasteiger partial charge in [0, 0.05) is 41.5 Å². The topological polar surface area (TPSA) is 71.3 Å². The normalized spacial score (nSPS) is 16.0. The number of unbranched alkanes of at least 4 members (excludes halogenated alkanes) is 2. The average molecular weight is 342 g/mol. The van der Waals surface area contributed by atoms with Crippen LogP contribution in [0.1, 0.15) is 62.0 Å². The Morgan fingerprint density at radius 1 is 1.20 bits per heavy atom. The smallest absolute Gasteiger partial charge is 0.243 e. The van der Waals surface area contributed by atoms with Gasteiger partial charge in [-0.1, -0.05) is 38.5 Å². The monoisotopic (exact) mass is 342 g/mol. The second kappa shape index (κ2) is 7.00. The third-order valence-electron chi connectivity index (χ3n) is 5.05. The van der Waals surface area contributed by atoms with Crippen LogP contribution in [-0.2, 0) is 17.8 Å². The molecule has 1 aliphatic carbocycles. The highest BCUT2D eigenvalue weighted by atomic mass is 16.5. The van der Waals surface area contributed by atoms with Gasteiger partial charge in [0.2, 0.25) is 5.91 Å². The number of nitrogens with zero attached hydrogens (tertiary/aromatic N) is 1. The summed E-state index contributed by atoms with van der Waals surface area (Å²) in [6, 6.07) is 8.15. The molecule has 5 nitrogen and oxygen atoms in total. The van der Waals surface area contributed by atoms with E-state index in [-0.39, 0.29) is 17.1 Å². The Kier molecular flexibility index (Phi) is 4.95. The largest absolute Gasteiger partial charge is 0.344 e. The lowest BCUT2D eigenvalue weighted by molar-refractivity contribution is -0.129. The molecule has 3 rings (SSSR count). The number of hydrogen-bond acceptors (Lipinski definition) is 3. The summed E-state index contributed by atoms with van der Waals surface area (Å²) in [7, 11) is 0. The first-order valence-electron chi connectivity index (χ1n) is 8.99. The number of Topliss-reactive ketones (excluding diaryl/α,β-unsaturated/α-hetero) is 1. The molecule has 2 N–H and O–H groups in total. The summed E-state index contributed by atoms with van der Waals surface area (Å²) in [4.78, 5) is 23.8. The molecule has 0 bridgehead atoms. The lowest BCUT2D eigenvalue weighted by atomic mass is 9.75. The van der Waals surface area contributed by atoms with Crippen molar-refractivity contribution < 1.29 is 14.8 Å². The number of aromatic nitrogens is 1. The highest BCUT2D eigenvalue weighted by Crippen LogP contribution is 2.39. The first kappa shape index (κ1) is 17.7. The number of carbonyl (C=O) groups excluding carboxylic acids is 2. The molecule has 2 aromatic rings. The van der Waals surface area contributed by atoms with Crippen LogP contribution in [0.4, 0.5) is 0 Å². The second-order valence-electron chi connectivity index (χ2n) is 7.78. The van der Waals surface area contributed by atoms with Crippen molar-refractivity contribution in [1.29, 1.82) is 0 Å². The molecular formula is C20H26N2O3. The van der Waals surface area contributed by atoms with E-state index in [1.165, 1.54) is 0 Å². The lowest BCUT2D eigenvalue weighted by Crippen LogP contribution is -2.28. The molecule has 0 saturated heterocycles. The molecule has 1 heterocycles. The van der Waals surface area contributed by atoms with Gasteiger partial charge in [0.05, 0.1) is 0 Å². The molecule has 1 aliphatic rings. The minimum atomic E-state index is -0.337. The van der Waals surface area contributed by atoms with Gasteiger partial charge in [0.25, 0.3) is 0 Å². The van der Waals surface area contributed by atoms with Crippen LogP contribution in [0.3, 0.4) is 0 Å². The summed E-state index contributed by atoms with van der Waals surface area (Å²) in [5, 5.41) is 9.60. The van der Waals surface area contributed by atoms with E-state index in [1.807, 2.05) is 18.2 Å². The zero-order valence-corrected chi connectivity index (χ0v) is 15.0. The molecule has 1 amide bonds. The predicted molar refractivity (Wildman–Crippen MR) is 96.8 cm³/mol. The SMILES string of the molecule is CC1(C)CC(=O)c2c(n(CCCCCC(=O)NO)c3ccccc23)C1. The number of amides is 1. The van der Waals surface area contributed by atoms with Crippen molar-refractivity contribution in [1.82, 2.24) is 10.0 Å². The molecular weight excluding hydrogens is 316 g/mol. The van der Waals surface area contributed by atoms with E-state index < -0.39 is 0 Å². The van der Waals surface area contributed by atoms with Crippen molar-refractivity contribution in [3.63, 3.8) is 0 Å². The van der Waals surface area contributed by atoms with E-state index >= 15 is 0 Å². The number of carbonyl (C=O) groups is 2. The molecule has 0 radical (unpaired) electrons. The van der Waals surface area contributed by atoms with Crippen molar-refractivity contribution in [2.24, 2.45) is 5.41 Å². The Morgan fingerprint density at radius 3 is 2.72 bits per heavy atom. The quantitative estimate of drug-likeness (QED) is 0.476. The van der Waals surface area contributed by atoms with E-state index in [0.29, 0.717) is 12.8 Å². The molecule has 5 heteroatoms. The fourth-order valence-corrected chi connectivity index (χ4v) is 3.93. The van der Waals surface area contributed by atoms with Gasteiger partial charge in [-0.05, 0) is 30.7 Å². The van der Waals surface area contributed by atoms with Crippen LogP contribution < -0.4 is 5.48 Å². The van der Waals surface area contributed by atoms with E-state index in [9.17, 15) is 9.59 Å². The minimum Gasteiger partial charge on any atom is -0.344 e. The van der Waals surface area contributed by atoms with Gasteiger partial charge in [0.1, 0.15) is 0 Å². The van der Waals surface area contributed by atoms with Gasteiger partial charge in [-0.3, -0.25) is 14.8 Å². The molecule has 0 aliphatic heterocycles. The third-order valence-corrected chi connectivity index (χ3v) is 5.05. The van der Waals surface area contributed by atoms with E-state index in [4.69, 9.17) is 5.21 Å². The maximum absolute atomic E-state index is 12.7. The number of hydroxylamine groups is 1. The van der Waals surface area contributed by atoms with Crippen molar-refractivity contribution in [3.05, 3.63) is 35.5 Å². The number of nitrogens with one attached hydrogen (secondary N) is 1. The third kappa shape index (κ3) is 3.61. The van der Waals surface area contributed by atoms with Gasteiger partial charge in [-0.15, -0.1) is 0 Å². The second-order valence-corrected chi connectivity index (χ2v) is 7.78. The standard InChI is InChI=1S/C20H26N2O3/c1-20(2)12-16-19(17(23)13-20)14-8-5-6-9-15(14)22(16)11-7-3-4-10-18(24)21-25/h5-6,8-9,25H,3-4,7,10-13H2,1-2H3,(H,21,24). The number of fused-ring (bicyclic) bond motifs is 3. The van der Waals surface area contributed by atoms with Crippen molar-refractivity contribution in [2.75, 3.05) is 0 Å². The van der Waals surface area contributed by atoms with E-state index in [1.54, 1.807) is 5.48 Å². The number of benzene rings is 1. The van der Waals surface area contributed by atoms with Gasteiger partial charge in [0.15, 0.2) is 5.78 Å². The fourth-order valence-electron chi connectivity index (χ4n) is 3.93. The average Bonchev–Trinajstić information content (AvgIpc) is 2.87. The molecule has 25 heavy (non-hydrogen) atoms. The molecule has 0 fully saturated rings. The highest BCUT2D eigenvalue weighted by molar-refractivity contribution is 6.10. The Morgan fingerprint density at radius 2 is 1.96 bits per heavy atom. The lowest BCUT2D eigenvalue weighted by Gasteiger charge is -2.29. The number of para-hydroxylation sites is 1. The summed E-state index contributed by atoms with van der Waals surface area (Å²) < 4.78 is 2.30. The van der Waals surface area contributed by atoms with Crippen LogP contribution in [0.2, 0.25) is 0 Å². The summed E-state index contributed by atoms with van der Waals surface area (Å²) in [5.41, 5.74) is 4.87. The van der Waals surface area contributed by atoms with Crippen molar-refractivity contribution >= 4 is 22.6 Å².